The van der Waals surface area contributed by atoms with E-state index >= 15 is 0 Å². The van der Waals surface area contributed by atoms with Crippen LogP contribution in [0.5, 0.6) is 0 Å². The predicted molar refractivity (Wildman–Crippen MR) is 77.8 cm³/mol. The third-order valence-electron chi connectivity index (χ3n) is 4.25. The van der Waals surface area contributed by atoms with Gasteiger partial charge in [0.25, 0.3) is 0 Å². The van der Waals surface area contributed by atoms with Gasteiger partial charge in [-0.1, -0.05) is 75.7 Å². The molecule has 0 aliphatic carbocycles. The smallest absolute Gasteiger partial charge is 0.0504 e. The van der Waals surface area contributed by atoms with Crippen molar-refractivity contribution in [3.8, 4) is 0 Å². The van der Waals surface area contributed by atoms with Crippen LogP contribution in [-0.2, 0) is 0 Å². The third-order valence-corrected chi connectivity index (χ3v) is 8.93. The fourth-order valence-electron chi connectivity index (χ4n) is 2.75. The van der Waals surface area contributed by atoms with E-state index in [1.54, 1.807) is 24.6 Å². The van der Waals surface area contributed by atoms with Crippen molar-refractivity contribution in [2.24, 2.45) is 0 Å². The van der Waals surface area contributed by atoms with E-state index in [-0.39, 0.29) is 0 Å². The van der Waals surface area contributed by atoms with Crippen LogP contribution >= 0.6 is 0 Å². The highest BCUT2D eigenvalue weighted by Gasteiger charge is 2.32. The predicted octanol–water partition coefficient (Wildman–Crippen LogP) is 5.78. The lowest BCUT2D eigenvalue weighted by molar-refractivity contribution is 0.589. The molecule has 0 N–H and O–H groups in total. The van der Waals surface area contributed by atoms with Crippen molar-refractivity contribution in [2.45, 2.75) is 82.5 Å². The molecule has 0 aromatic carbocycles. The van der Waals surface area contributed by atoms with Crippen molar-refractivity contribution in [3.05, 3.63) is 12.7 Å². The molecule has 0 aromatic heterocycles. The summed E-state index contributed by atoms with van der Waals surface area (Å²) in [7, 11) is -0.594. The average Bonchev–Trinajstić information content (AvgIpc) is 2.24. The molecule has 0 aromatic rings. The zero-order valence-electron chi connectivity index (χ0n) is 11.3. The maximum atomic E-state index is 3.76. The molecule has 1 aliphatic rings. The third kappa shape index (κ3) is 5.88. The van der Waals surface area contributed by atoms with Gasteiger partial charge in [0.05, 0.1) is 8.07 Å². The first kappa shape index (κ1) is 14.0. The monoisotopic (exact) mass is 238 g/mol. The highest BCUT2D eigenvalue weighted by Crippen LogP contribution is 2.36. The van der Waals surface area contributed by atoms with Crippen molar-refractivity contribution < 1.29 is 0 Å². The molecule has 0 bridgehead atoms. The minimum atomic E-state index is -0.594. The Kier molecular flexibility index (Phi) is 7.10. The van der Waals surface area contributed by atoms with Crippen LogP contribution in [0, 0.1) is 0 Å². The summed E-state index contributed by atoms with van der Waals surface area (Å²) in [5.41, 5.74) is 0. The summed E-state index contributed by atoms with van der Waals surface area (Å²) >= 11 is 0. The Balaban J connectivity index is 1.76. The molecule has 1 heteroatoms. The van der Waals surface area contributed by atoms with E-state index in [2.05, 4.69) is 13.1 Å². The Morgan fingerprint density at radius 1 is 0.938 bits per heavy atom. The van der Waals surface area contributed by atoms with Crippen LogP contribution in [0.1, 0.15) is 57.8 Å². The fraction of sp³-hybridized carbons (Fsp3) is 0.867. The molecule has 1 saturated heterocycles. The first-order valence-electron chi connectivity index (χ1n) is 7.38. The Hall–Kier alpha value is -0.0431. The second kappa shape index (κ2) is 8.11. The van der Waals surface area contributed by atoms with Crippen LogP contribution in [0.15, 0.2) is 12.7 Å². The molecule has 94 valence electrons. The number of hydrogen-bond acceptors (Lipinski definition) is 0. The van der Waals surface area contributed by atoms with Crippen LogP contribution in [-0.4, -0.2) is 8.07 Å². The molecule has 1 fully saturated rings. The van der Waals surface area contributed by atoms with Gasteiger partial charge in [0, 0.05) is 0 Å². The van der Waals surface area contributed by atoms with Gasteiger partial charge in [-0.3, -0.25) is 0 Å². The standard InChI is InChI=1S/C15H30Si/c1-3-4-5-6-7-8-9-10-11-13-16(2)14-12-15-16/h3H,1,4-15H2,2H3. The molecule has 1 heterocycles. The van der Waals surface area contributed by atoms with Gasteiger partial charge in [0.15, 0.2) is 0 Å². The van der Waals surface area contributed by atoms with Gasteiger partial charge in [0.1, 0.15) is 0 Å². The lowest BCUT2D eigenvalue weighted by Crippen LogP contribution is -2.37. The van der Waals surface area contributed by atoms with Crippen LogP contribution in [0.4, 0.5) is 0 Å². The van der Waals surface area contributed by atoms with Gasteiger partial charge in [-0.2, -0.15) is 0 Å². The first-order chi connectivity index (χ1) is 7.77. The molecule has 1 aliphatic heterocycles. The summed E-state index contributed by atoms with van der Waals surface area (Å²) in [6.45, 7) is 6.38. The summed E-state index contributed by atoms with van der Waals surface area (Å²) in [6, 6.07) is 4.90. The van der Waals surface area contributed by atoms with Crippen molar-refractivity contribution >= 4 is 8.07 Å². The van der Waals surface area contributed by atoms with Crippen molar-refractivity contribution in [2.75, 3.05) is 0 Å². The molecule has 0 saturated carbocycles. The summed E-state index contributed by atoms with van der Waals surface area (Å²) in [5, 5.41) is 0. The number of hydrogen-bond donors (Lipinski definition) is 0. The van der Waals surface area contributed by atoms with Crippen LogP contribution in [0.25, 0.3) is 0 Å². The highest BCUT2D eigenvalue weighted by molar-refractivity contribution is 6.81. The lowest BCUT2D eigenvalue weighted by atomic mass is 10.1. The molecule has 0 atom stereocenters. The van der Waals surface area contributed by atoms with Crippen molar-refractivity contribution in [3.63, 3.8) is 0 Å². The zero-order valence-corrected chi connectivity index (χ0v) is 12.3. The van der Waals surface area contributed by atoms with E-state index in [0.717, 1.165) is 0 Å². The summed E-state index contributed by atoms with van der Waals surface area (Å²) in [6.07, 6.45) is 15.0. The zero-order chi connectivity index (χ0) is 11.7. The molecule has 0 radical (unpaired) electrons. The van der Waals surface area contributed by atoms with Crippen molar-refractivity contribution in [1.82, 2.24) is 0 Å². The number of rotatable bonds is 10. The van der Waals surface area contributed by atoms with Crippen LogP contribution in [0.2, 0.25) is 24.7 Å². The molecule has 0 amide bonds. The van der Waals surface area contributed by atoms with Crippen molar-refractivity contribution in [1.29, 1.82) is 0 Å². The normalized spacial score (nSPS) is 18.1. The Labute approximate surface area is 104 Å². The average molecular weight is 238 g/mol. The largest absolute Gasteiger partial charge is 0.103 e. The van der Waals surface area contributed by atoms with Gasteiger partial charge in [-0.15, -0.1) is 6.58 Å². The molecule has 1 rings (SSSR count). The van der Waals surface area contributed by atoms with E-state index in [9.17, 15) is 0 Å². The highest BCUT2D eigenvalue weighted by atomic mass is 28.3. The minimum Gasteiger partial charge on any atom is -0.103 e. The molecular weight excluding hydrogens is 208 g/mol. The van der Waals surface area contributed by atoms with Gasteiger partial charge in [0.2, 0.25) is 0 Å². The van der Waals surface area contributed by atoms with Gasteiger partial charge < -0.3 is 0 Å². The Morgan fingerprint density at radius 2 is 1.50 bits per heavy atom. The minimum absolute atomic E-state index is 0.594. The molecule has 0 nitrogen and oxygen atoms in total. The summed E-state index contributed by atoms with van der Waals surface area (Å²) in [4.78, 5) is 0. The summed E-state index contributed by atoms with van der Waals surface area (Å²) in [5.74, 6) is 0. The van der Waals surface area contributed by atoms with Gasteiger partial charge in [-0.05, 0) is 12.8 Å². The molecule has 0 spiro atoms. The maximum absolute atomic E-state index is 3.76. The lowest BCUT2D eigenvalue weighted by Gasteiger charge is -2.36. The van der Waals surface area contributed by atoms with E-state index in [0.29, 0.717) is 0 Å². The molecular formula is C15H30Si. The second-order valence-corrected chi connectivity index (χ2v) is 11.1. The summed E-state index contributed by atoms with van der Waals surface area (Å²) < 4.78 is 0. The molecule has 0 unspecified atom stereocenters. The quantitative estimate of drug-likeness (QED) is 0.257. The van der Waals surface area contributed by atoms with Gasteiger partial charge >= 0.3 is 0 Å². The van der Waals surface area contributed by atoms with Crippen LogP contribution < -0.4 is 0 Å². The first-order valence-corrected chi connectivity index (χ1v) is 10.5. The SMILES string of the molecule is C=CCCCCCCCCC[Si]1(C)CCC1. The van der Waals surface area contributed by atoms with Crippen LogP contribution in [0.3, 0.4) is 0 Å². The van der Waals surface area contributed by atoms with E-state index < -0.39 is 8.07 Å². The van der Waals surface area contributed by atoms with E-state index in [1.165, 1.54) is 51.4 Å². The fourth-order valence-corrected chi connectivity index (χ4v) is 5.92. The topological polar surface area (TPSA) is 0 Å². The molecule has 16 heavy (non-hydrogen) atoms. The van der Waals surface area contributed by atoms with E-state index in [4.69, 9.17) is 0 Å². The second-order valence-electron chi connectivity index (χ2n) is 5.97. The van der Waals surface area contributed by atoms with E-state index in [1.807, 2.05) is 6.08 Å². The Bertz CT molecular complexity index is 182. The number of allylic oxidation sites excluding steroid dienone is 1. The Morgan fingerprint density at radius 3 is 2.00 bits per heavy atom. The van der Waals surface area contributed by atoms with Gasteiger partial charge in [-0.25, -0.2) is 0 Å². The maximum Gasteiger partial charge on any atom is 0.0504 e. The number of unbranched alkanes of at least 4 members (excludes halogenated alkanes) is 7.